The molecule has 0 radical (unpaired) electrons. The Morgan fingerprint density at radius 3 is 3.05 bits per heavy atom. The molecule has 4 heteroatoms. The Labute approximate surface area is 129 Å². The maximum Gasteiger partial charge on any atom is 0.125 e. The highest BCUT2D eigenvalue weighted by atomic mass is 79.9. The molecule has 3 rings (SSSR count). The van der Waals surface area contributed by atoms with Gasteiger partial charge in [-0.2, -0.15) is 0 Å². The maximum absolute atomic E-state index is 5.89. The normalized spacial score (nSPS) is 27.5. The van der Waals surface area contributed by atoms with E-state index in [1.165, 1.54) is 24.9 Å². The molecule has 2 atom stereocenters. The zero-order valence-corrected chi connectivity index (χ0v) is 13.7. The largest absolute Gasteiger partial charge is 0.493 e. The summed E-state index contributed by atoms with van der Waals surface area (Å²) in [5.41, 5.74) is 1.32. The van der Waals surface area contributed by atoms with Crippen LogP contribution in [-0.4, -0.2) is 37.7 Å². The molecule has 3 nitrogen and oxygen atoms in total. The molecule has 1 N–H and O–H groups in total. The topological polar surface area (TPSA) is 24.5 Å². The van der Waals surface area contributed by atoms with Gasteiger partial charge in [0.15, 0.2) is 0 Å². The molecule has 2 heterocycles. The molecule has 1 saturated heterocycles. The zero-order valence-electron chi connectivity index (χ0n) is 12.1. The lowest BCUT2D eigenvalue weighted by molar-refractivity contribution is 0.214. The number of likely N-dealkylation sites (N-methyl/N-ethyl adjacent to an activating group) is 1. The van der Waals surface area contributed by atoms with Crippen LogP contribution in [0.4, 0.5) is 0 Å². The van der Waals surface area contributed by atoms with Crippen LogP contribution >= 0.6 is 15.9 Å². The Hall–Kier alpha value is -0.580. The van der Waals surface area contributed by atoms with Gasteiger partial charge in [-0.15, -0.1) is 0 Å². The van der Waals surface area contributed by atoms with Crippen LogP contribution in [0.15, 0.2) is 22.7 Å². The standard InChI is InChI=1S/C16H23BrN2O/c1-19-8-2-4-13(11-19)18-15-5-3-9-20-16-10-12(17)6-7-14(15)16/h6-7,10,13,15,18H,2-5,8-9,11H2,1H3. The summed E-state index contributed by atoms with van der Waals surface area (Å²) in [6.07, 6.45) is 4.86. The molecular weight excluding hydrogens is 316 g/mol. The van der Waals surface area contributed by atoms with Gasteiger partial charge < -0.3 is 15.0 Å². The van der Waals surface area contributed by atoms with E-state index in [0.29, 0.717) is 12.1 Å². The fourth-order valence-electron chi connectivity index (χ4n) is 3.31. The lowest BCUT2D eigenvalue weighted by atomic mass is 9.98. The van der Waals surface area contributed by atoms with Crippen molar-refractivity contribution >= 4 is 15.9 Å². The van der Waals surface area contributed by atoms with Crippen LogP contribution in [-0.2, 0) is 0 Å². The lowest BCUT2D eigenvalue weighted by Crippen LogP contribution is -2.45. The van der Waals surface area contributed by atoms with Crippen molar-refractivity contribution in [2.45, 2.75) is 37.8 Å². The molecule has 1 aromatic carbocycles. The van der Waals surface area contributed by atoms with E-state index in [2.05, 4.69) is 51.4 Å². The summed E-state index contributed by atoms with van der Waals surface area (Å²) in [7, 11) is 2.22. The highest BCUT2D eigenvalue weighted by Crippen LogP contribution is 2.34. The van der Waals surface area contributed by atoms with E-state index in [1.54, 1.807) is 0 Å². The number of benzene rings is 1. The Kier molecular flexibility index (Phi) is 4.64. The number of nitrogens with zero attached hydrogens (tertiary/aromatic N) is 1. The van der Waals surface area contributed by atoms with Gasteiger partial charge in [0.25, 0.3) is 0 Å². The van der Waals surface area contributed by atoms with Crippen LogP contribution in [0.3, 0.4) is 0 Å². The van der Waals surface area contributed by atoms with E-state index in [-0.39, 0.29) is 0 Å². The summed E-state index contributed by atoms with van der Waals surface area (Å²) < 4.78 is 6.98. The van der Waals surface area contributed by atoms with Crippen molar-refractivity contribution in [1.29, 1.82) is 0 Å². The van der Waals surface area contributed by atoms with Crippen molar-refractivity contribution in [3.63, 3.8) is 0 Å². The molecule has 0 aromatic heterocycles. The SMILES string of the molecule is CN1CCCC(NC2CCCOc3cc(Br)ccc32)C1. The first-order valence-corrected chi connectivity index (χ1v) is 8.38. The first-order chi connectivity index (χ1) is 9.72. The van der Waals surface area contributed by atoms with E-state index >= 15 is 0 Å². The van der Waals surface area contributed by atoms with Gasteiger partial charge >= 0.3 is 0 Å². The third-order valence-corrected chi connectivity index (χ3v) is 4.80. The number of rotatable bonds is 2. The highest BCUT2D eigenvalue weighted by molar-refractivity contribution is 9.10. The summed E-state index contributed by atoms with van der Waals surface area (Å²) in [4.78, 5) is 2.43. The number of hydrogen-bond donors (Lipinski definition) is 1. The molecule has 1 aromatic rings. The average Bonchev–Trinajstić information content (AvgIpc) is 2.61. The zero-order chi connectivity index (χ0) is 13.9. The summed E-state index contributed by atoms with van der Waals surface area (Å²) in [6, 6.07) is 7.46. The number of fused-ring (bicyclic) bond motifs is 1. The second kappa shape index (κ2) is 6.46. The van der Waals surface area contributed by atoms with E-state index in [9.17, 15) is 0 Å². The molecule has 0 bridgehead atoms. The number of halogens is 1. The van der Waals surface area contributed by atoms with Gasteiger partial charge in [0.2, 0.25) is 0 Å². The van der Waals surface area contributed by atoms with E-state index < -0.39 is 0 Å². The molecule has 0 saturated carbocycles. The Morgan fingerprint density at radius 1 is 1.30 bits per heavy atom. The second-order valence-corrected chi connectivity index (χ2v) is 6.91. The van der Waals surface area contributed by atoms with Crippen molar-refractivity contribution in [3.8, 4) is 5.75 Å². The van der Waals surface area contributed by atoms with Gasteiger partial charge in [0.1, 0.15) is 5.75 Å². The van der Waals surface area contributed by atoms with Gasteiger partial charge in [-0.1, -0.05) is 22.0 Å². The summed E-state index contributed by atoms with van der Waals surface area (Å²) >= 11 is 3.54. The van der Waals surface area contributed by atoms with E-state index in [1.807, 2.05) is 0 Å². The molecule has 110 valence electrons. The van der Waals surface area contributed by atoms with Gasteiger partial charge in [0.05, 0.1) is 6.61 Å². The third-order valence-electron chi connectivity index (χ3n) is 4.31. The summed E-state index contributed by atoms with van der Waals surface area (Å²) in [5.74, 6) is 1.04. The quantitative estimate of drug-likeness (QED) is 0.894. The summed E-state index contributed by atoms with van der Waals surface area (Å²) in [6.45, 7) is 3.21. The van der Waals surface area contributed by atoms with Crippen LogP contribution in [0.2, 0.25) is 0 Å². The smallest absolute Gasteiger partial charge is 0.125 e. The number of hydrogen-bond acceptors (Lipinski definition) is 3. The van der Waals surface area contributed by atoms with Gasteiger partial charge in [-0.05, 0) is 51.4 Å². The van der Waals surface area contributed by atoms with Crippen LogP contribution < -0.4 is 10.1 Å². The van der Waals surface area contributed by atoms with Gasteiger partial charge in [0, 0.05) is 28.7 Å². The molecule has 0 aliphatic carbocycles. The number of ether oxygens (including phenoxy) is 1. The monoisotopic (exact) mass is 338 g/mol. The molecular formula is C16H23BrN2O. The first kappa shape index (κ1) is 14.4. The third kappa shape index (κ3) is 3.35. The molecule has 20 heavy (non-hydrogen) atoms. The molecule has 0 amide bonds. The number of likely N-dealkylation sites (tertiary alicyclic amines) is 1. The van der Waals surface area contributed by atoms with E-state index in [4.69, 9.17) is 4.74 Å². The number of piperidine rings is 1. The molecule has 1 fully saturated rings. The van der Waals surface area contributed by atoms with Crippen molar-refractivity contribution in [2.24, 2.45) is 0 Å². The minimum absolute atomic E-state index is 0.428. The van der Waals surface area contributed by atoms with E-state index in [0.717, 1.165) is 36.2 Å². The van der Waals surface area contributed by atoms with Crippen molar-refractivity contribution in [1.82, 2.24) is 10.2 Å². The van der Waals surface area contributed by atoms with Crippen molar-refractivity contribution in [2.75, 3.05) is 26.7 Å². The Bertz CT molecular complexity index is 466. The van der Waals surface area contributed by atoms with Crippen molar-refractivity contribution < 1.29 is 4.74 Å². The van der Waals surface area contributed by atoms with Crippen LogP contribution in [0, 0.1) is 0 Å². The Balaban J connectivity index is 1.76. The maximum atomic E-state index is 5.89. The summed E-state index contributed by atoms with van der Waals surface area (Å²) in [5, 5.41) is 3.87. The number of nitrogens with one attached hydrogen (secondary N) is 1. The first-order valence-electron chi connectivity index (χ1n) is 7.59. The van der Waals surface area contributed by atoms with Crippen LogP contribution in [0.1, 0.15) is 37.3 Å². The van der Waals surface area contributed by atoms with Crippen molar-refractivity contribution in [3.05, 3.63) is 28.2 Å². The van der Waals surface area contributed by atoms with Crippen LogP contribution in [0.25, 0.3) is 0 Å². The molecule has 2 aliphatic rings. The molecule has 2 aliphatic heterocycles. The minimum Gasteiger partial charge on any atom is -0.493 e. The average molecular weight is 339 g/mol. The lowest BCUT2D eigenvalue weighted by Gasteiger charge is -2.33. The van der Waals surface area contributed by atoms with Gasteiger partial charge in [-0.25, -0.2) is 0 Å². The molecule has 2 unspecified atom stereocenters. The fourth-order valence-corrected chi connectivity index (χ4v) is 3.65. The highest BCUT2D eigenvalue weighted by Gasteiger charge is 2.24. The van der Waals surface area contributed by atoms with Crippen LogP contribution in [0.5, 0.6) is 5.75 Å². The van der Waals surface area contributed by atoms with Gasteiger partial charge in [-0.3, -0.25) is 0 Å². The minimum atomic E-state index is 0.428. The Morgan fingerprint density at radius 2 is 2.20 bits per heavy atom. The fraction of sp³-hybridized carbons (Fsp3) is 0.625. The molecule has 0 spiro atoms. The predicted octanol–water partition coefficient (Wildman–Crippen LogP) is 3.35. The predicted molar refractivity (Wildman–Crippen MR) is 85.3 cm³/mol. The second-order valence-electron chi connectivity index (χ2n) is 5.99.